The number of carbonyl (C=O) groups excluding carboxylic acids is 7. The Bertz CT molecular complexity index is 1730. The van der Waals surface area contributed by atoms with Crippen LogP contribution in [0.15, 0.2) is 16.8 Å². The first-order valence-electron chi connectivity index (χ1n) is 28.4. The molecule has 0 radical (unpaired) electrons. The number of aliphatic hydroxyl groups is 1. The molecule has 7 N–H and O–H groups in total. The molecule has 1 heterocycles. The third-order valence-corrected chi connectivity index (χ3v) is 12.6. The van der Waals surface area contributed by atoms with Gasteiger partial charge >= 0.3 is 11.9 Å². The summed E-state index contributed by atoms with van der Waals surface area (Å²) >= 11 is 0. The summed E-state index contributed by atoms with van der Waals surface area (Å²) in [4.78, 5) is 109. The number of aliphatic imine (C=N–C) groups is 1. The highest BCUT2D eigenvalue weighted by Crippen LogP contribution is 2.18. The van der Waals surface area contributed by atoms with E-state index in [0.717, 1.165) is 44.1 Å². The molecule has 77 heavy (non-hydrogen) atoms. The zero-order chi connectivity index (χ0) is 57.2. The molecule has 21 heteroatoms. The number of hydrogen-bond donors (Lipinski definition) is 7. The molecule has 0 fully saturated rings. The number of carboxylic acids is 2. The summed E-state index contributed by atoms with van der Waals surface area (Å²) in [7, 11) is 0. The first-order valence-corrected chi connectivity index (χ1v) is 28.4. The summed E-state index contributed by atoms with van der Waals surface area (Å²) in [6.45, 7) is 6.93. The number of nitrogens with zero attached hydrogens (tertiary/aromatic N) is 1. The fourth-order valence-electron chi connectivity index (χ4n) is 7.92. The molecule has 0 saturated carbocycles. The van der Waals surface area contributed by atoms with Gasteiger partial charge in [-0.15, -0.1) is 0 Å². The van der Waals surface area contributed by atoms with Crippen molar-refractivity contribution in [3.05, 3.63) is 11.8 Å². The summed E-state index contributed by atoms with van der Waals surface area (Å²) in [5.74, 6) is -3.41. The van der Waals surface area contributed by atoms with Crippen molar-refractivity contribution in [2.24, 2.45) is 10.9 Å². The van der Waals surface area contributed by atoms with Gasteiger partial charge in [-0.25, -0.2) is 4.79 Å². The maximum Gasteiger partial charge on any atom is 0.326 e. The van der Waals surface area contributed by atoms with Gasteiger partial charge in [-0.05, 0) is 57.4 Å². The van der Waals surface area contributed by atoms with Gasteiger partial charge in [0.25, 0.3) is 0 Å². The topological polar surface area (TPSA) is 312 Å². The van der Waals surface area contributed by atoms with Gasteiger partial charge in [-0.3, -0.25) is 43.3 Å². The Balaban J connectivity index is 0.00000175. The number of aliphatic hydroxyl groups excluding tert-OH is 1. The molecule has 0 aromatic rings. The van der Waals surface area contributed by atoms with Crippen molar-refractivity contribution in [2.45, 2.75) is 206 Å². The van der Waals surface area contributed by atoms with Gasteiger partial charge in [0.05, 0.1) is 39.1 Å². The summed E-state index contributed by atoms with van der Waals surface area (Å²) in [6, 6.07) is -1.44. The van der Waals surface area contributed by atoms with Crippen molar-refractivity contribution in [1.29, 1.82) is 0 Å². The van der Waals surface area contributed by atoms with Gasteiger partial charge in [0.2, 0.25) is 23.6 Å². The molecule has 4 amide bonds. The van der Waals surface area contributed by atoms with E-state index in [-0.39, 0.29) is 99.9 Å². The highest BCUT2D eigenvalue weighted by atomic mass is 16.5. The van der Waals surface area contributed by atoms with Gasteiger partial charge in [0.1, 0.15) is 31.6 Å². The van der Waals surface area contributed by atoms with Crippen LogP contribution in [0.3, 0.4) is 0 Å². The number of rotatable bonds is 52. The first-order chi connectivity index (χ1) is 37.1. The van der Waals surface area contributed by atoms with E-state index in [9.17, 15) is 48.3 Å². The third kappa shape index (κ3) is 45.7. The second-order valence-corrected chi connectivity index (χ2v) is 19.3. The third-order valence-electron chi connectivity index (χ3n) is 12.6. The molecule has 0 aliphatic carbocycles. The van der Waals surface area contributed by atoms with Crippen molar-refractivity contribution in [1.82, 2.24) is 21.3 Å². The number of ether oxygens (including phenoxy) is 4. The Hall–Kier alpha value is -4.96. The van der Waals surface area contributed by atoms with Gasteiger partial charge < -0.3 is 55.5 Å². The van der Waals surface area contributed by atoms with Crippen LogP contribution >= 0.6 is 0 Å². The average Bonchev–Trinajstić information content (AvgIpc) is 3.92. The Morgan fingerprint density at radius 3 is 1.62 bits per heavy atom. The smallest absolute Gasteiger partial charge is 0.326 e. The second kappa shape index (κ2) is 50.5. The number of Topliss-reactive ketones (excluding diaryl/α,β-unsaturated/α-hetero) is 3. The predicted octanol–water partition coefficient (Wildman–Crippen LogP) is 6.29. The summed E-state index contributed by atoms with van der Waals surface area (Å²) in [5, 5.41) is 37.5. The predicted molar refractivity (Wildman–Crippen MR) is 292 cm³/mol. The van der Waals surface area contributed by atoms with E-state index >= 15 is 0 Å². The number of carboxylic acid groups (broad SMARTS) is 2. The van der Waals surface area contributed by atoms with Crippen LogP contribution in [-0.2, 0) is 62.1 Å². The largest absolute Gasteiger partial charge is 0.481 e. The lowest BCUT2D eigenvalue weighted by Gasteiger charge is -2.17. The van der Waals surface area contributed by atoms with E-state index in [4.69, 9.17) is 29.2 Å². The Kier molecular flexibility index (Phi) is 47.3. The molecule has 3 atom stereocenters. The minimum atomic E-state index is -0.966. The van der Waals surface area contributed by atoms with Crippen molar-refractivity contribution in [2.75, 3.05) is 72.6 Å². The van der Waals surface area contributed by atoms with E-state index < -0.39 is 36.5 Å². The highest BCUT2D eigenvalue weighted by Gasteiger charge is 2.22. The van der Waals surface area contributed by atoms with Crippen LogP contribution in [0, 0.1) is 5.92 Å². The molecule has 0 aromatic carbocycles. The lowest BCUT2D eigenvalue weighted by atomic mass is 9.91. The molecule has 442 valence electrons. The minimum absolute atomic E-state index is 0.0875. The van der Waals surface area contributed by atoms with Crippen LogP contribution in [0.2, 0.25) is 0 Å². The fourth-order valence-corrected chi connectivity index (χ4v) is 7.92. The van der Waals surface area contributed by atoms with E-state index in [1.54, 1.807) is 26.3 Å². The van der Waals surface area contributed by atoms with Crippen LogP contribution in [0.25, 0.3) is 0 Å². The zero-order valence-electron chi connectivity index (χ0n) is 46.9. The molecule has 1 unspecified atom stereocenters. The van der Waals surface area contributed by atoms with Crippen LogP contribution in [0.4, 0.5) is 0 Å². The molecule has 0 saturated heterocycles. The molecule has 0 bridgehead atoms. The molecular formula is C56H97N5O16. The second-order valence-electron chi connectivity index (χ2n) is 19.3. The Labute approximate surface area is 458 Å². The molecule has 1 rings (SSSR count). The molecule has 0 aromatic heterocycles. The van der Waals surface area contributed by atoms with Crippen LogP contribution < -0.4 is 21.3 Å². The number of ketones is 3. The first kappa shape index (κ1) is 72.0. The Morgan fingerprint density at radius 1 is 0.558 bits per heavy atom. The van der Waals surface area contributed by atoms with Gasteiger partial charge in [-0.2, -0.15) is 0 Å². The Morgan fingerprint density at radius 2 is 1.10 bits per heavy atom. The number of carbonyl (C=O) groups is 9. The molecule has 1 aliphatic rings. The quantitative estimate of drug-likeness (QED) is 0.0329. The lowest BCUT2D eigenvalue weighted by Crippen LogP contribution is -2.40. The normalized spacial score (nSPS) is 12.9. The van der Waals surface area contributed by atoms with E-state index in [2.05, 4.69) is 26.3 Å². The lowest BCUT2D eigenvalue weighted by molar-refractivity contribution is -0.142. The van der Waals surface area contributed by atoms with E-state index in [1.807, 2.05) is 6.92 Å². The maximum absolute atomic E-state index is 12.5. The number of nitrogens with one attached hydrogen (secondary N) is 4. The molecular weight excluding hydrogens is 999 g/mol. The number of aliphatic carboxylic acids is 2. The standard InChI is InChI=1S/C34H56N4O11.C22H41NO5/c1-3-29(40)8-6-15-46-17-19-48-25-34(45)37-14-16-47-18-20-49-24-33(44)36-12-5-4-7-28(31(42)23-39)9-10-30(41)26(2)38-32(43)21-27-11-13-35-22-27;1-2-19(22(27)28)23-20(24)17-15-13-11-9-7-5-3-4-6-8-10-12-14-16-18-21(25)26/h13,22,26,28,39H,3-12,14-21,23-25H2,1-2H3,(H,36,44)(H,37,45)(H,38,43);19H,2-18H2,1H3,(H,23,24)(H,25,26)(H,27,28)/t26?,28-;19-/m10/s1. The van der Waals surface area contributed by atoms with Crippen molar-refractivity contribution >= 4 is 59.1 Å². The maximum atomic E-state index is 12.5. The highest BCUT2D eigenvalue weighted by molar-refractivity contribution is 5.90. The van der Waals surface area contributed by atoms with Crippen molar-refractivity contribution < 1.29 is 77.4 Å². The van der Waals surface area contributed by atoms with Crippen LogP contribution in [-0.4, -0.2) is 159 Å². The van der Waals surface area contributed by atoms with E-state index in [0.29, 0.717) is 90.5 Å². The fraction of sp³-hybridized carbons (Fsp3) is 0.786. The average molecular weight is 1100 g/mol. The number of unbranched alkanes of at least 4 members (excludes halogenated alkanes) is 14. The van der Waals surface area contributed by atoms with Crippen molar-refractivity contribution in [3.8, 4) is 0 Å². The van der Waals surface area contributed by atoms with Gasteiger partial charge in [0.15, 0.2) is 11.6 Å². The van der Waals surface area contributed by atoms with Gasteiger partial charge in [0, 0.05) is 83.0 Å². The number of amides is 4. The molecule has 21 nitrogen and oxygen atoms in total. The minimum Gasteiger partial charge on any atom is -0.481 e. The molecule has 0 spiro atoms. The molecule has 1 aliphatic heterocycles. The summed E-state index contributed by atoms with van der Waals surface area (Å²) in [5.41, 5.74) is 0.882. The van der Waals surface area contributed by atoms with Crippen LogP contribution in [0.1, 0.15) is 194 Å². The van der Waals surface area contributed by atoms with Gasteiger partial charge in [-0.1, -0.05) is 97.3 Å². The van der Waals surface area contributed by atoms with E-state index in [1.165, 1.54) is 51.4 Å². The number of hydrogen-bond acceptors (Lipinski definition) is 15. The monoisotopic (exact) mass is 1100 g/mol. The van der Waals surface area contributed by atoms with Crippen molar-refractivity contribution in [3.63, 3.8) is 0 Å². The van der Waals surface area contributed by atoms with Crippen LogP contribution in [0.5, 0.6) is 0 Å². The summed E-state index contributed by atoms with van der Waals surface area (Å²) in [6.07, 6.45) is 25.2. The SMILES string of the molecule is CCC(=O)CCCOCCOCC(=O)NCCOCCOCC(=O)NCCCC[C@H](CCC(=O)C(C)NC(=O)CC1=CN=CC1)C(=O)CO.CC[C@H](NC(=O)CCCCCCCCCCCCCCCCC(=O)O)C(=O)O. The zero-order valence-corrected chi connectivity index (χ0v) is 46.9. The summed E-state index contributed by atoms with van der Waals surface area (Å²) < 4.78 is 21.3.